The fraction of sp³-hybridized carbons (Fsp3) is 0.964. The Morgan fingerprint density at radius 2 is 1.07 bits per heavy atom. The summed E-state index contributed by atoms with van der Waals surface area (Å²) < 4.78 is 0. The van der Waals surface area contributed by atoms with E-state index in [9.17, 15) is 9.90 Å². The Hall–Kier alpha value is -0.530. The third-order valence-corrected chi connectivity index (χ3v) is 10.6. The number of carboxylic acids is 1. The molecule has 6 saturated carbocycles. The van der Waals surface area contributed by atoms with E-state index >= 15 is 0 Å². The highest BCUT2D eigenvalue weighted by Gasteiger charge is 2.67. The molecule has 168 valence electrons. The van der Waals surface area contributed by atoms with Gasteiger partial charge in [0.2, 0.25) is 0 Å². The van der Waals surface area contributed by atoms with Crippen LogP contribution >= 0.6 is 0 Å². The molecule has 0 radical (unpaired) electrons. The van der Waals surface area contributed by atoms with Crippen LogP contribution in [0.1, 0.15) is 96.8 Å². The van der Waals surface area contributed by atoms with Crippen LogP contribution in [-0.4, -0.2) is 11.1 Å². The van der Waals surface area contributed by atoms with E-state index in [4.69, 9.17) is 0 Å². The van der Waals surface area contributed by atoms with E-state index in [0.29, 0.717) is 5.92 Å². The monoisotopic (exact) mass is 412 g/mol. The molecular formula is C28H44O2. The molecule has 0 heterocycles. The molecule has 0 aromatic rings. The second kappa shape index (κ2) is 7.80. The molecule has 2 nitrogen and oxygen atoms in total. The Balaban J connectivity index is 0.841. The fourth-order valence-corrected chi connectivity index (χ4v) is 8.34. The van der Waals surface area contributed by atoms with Crippen LogP contribution in [0.4, 0.5) is 0 Å². The van der Waals surface area contributed by atoms with Crippen LogP contribution in [0.3, 0.4) is 0 Å². The zero-order valence-electron chi connectivity index (χ0n) is 19.2. The molecule has 1 N–H and O–H groups in total. The SMILES string of the molecule is CCCCCCCCCC1CC1C1CC1C1CC1C1CC1C1CC1C1CC1C(=O)O. The van der Waals surface area contributed by atoms with Crippen LogP contribution in [-0.2, 0) is 4.79 Å². The van der Waals surface area contributed by atoms with Crippen LogP contribution < -0.4 is 0 Å². The Morgan fingerprint density at radius 3 is 1.57 bits per heavy atom. The molecule has 12 unspecified atom stereocenters. The molecule has 0 aromatic carbocycles. The molecule has 6 aliphatic carbocycles. The summed E-state index contributed by atoms with van der Waals surface area (Å²) >= 11 is 0. The standard InChI is InChI=1S/C28H44O2/c1-2-3-4-5-6-7-8-9-16-10-17(16)18-11-19(18)20-12-21(20)22-13-23(22)24-14-25(24)26-15-27(26)28(29)30/h16-27H,2-15H2,1H3,(H,29,30). The number of unbranched alkanes of at least 4 members (excludes halogenated alkanes) is 6. The van der Waals surface area contributed by atoms with Crippen LogP contribution in [0.2, 0.25) is 0 Å². The number of aliphatic carboxylic acids is 1. The summed E-state index contributed by atoms with van der Waals surface area (Å²) in [6.45, 7) is 2.31. The van der Waals surface area contributed by atoms with Crippen molar-refractivity contribution in [1.82, 2.24) is 0 Å². The van der Waals surface area contributed by atoms with Crippen molar-refractivity contribution in [2.75, 3.05) is 0 Å². The summed E-state index contributed by atoms with van der Waals surface area (Å²) in [4.78, 5) is 11.1. The highest BCUT2D eigenvalue weighted by Crippen LogP contribution is 2.74. The van der Waals surface area contributed by atoms with E-state index in [1.54, 1.807) is 25.7 Å². The molecular weight excluding hydrogens is 368 g/mol. The van der Waals surface area contributed by atoms with Gasteiger partial charge in [0.15, 0.2) is 0 Å². The van der Waals surface area contributed by atoms with Gasteiger partial charge in [0.25, 0.3) is 0 Å². The zero-order chi connectivity index (χ0) is 20.4. The lowest BCUT2D eigenvalue weighted by Crippen LogP contribution is -2.02. The number of hydrogen-bond donors (Lipinski definition) is 1. The van der Waals surface area contributed by atoms with E-state index in [2.05, 4.69) is 6.92 Å². The summed E-state index contributed by atoms with van der Waals surface area (Å²) in [5.74, 6) is 10.7. The largest absolute Gasteiger partial charge is 0.481 e. The maximum Gasteiger partial charge on any atom is 0.306 e. The first kappa shape index (κ1) is 20.1. The van der Waals surface area contributed by atoms with Gasteiger partial charge < -0.3 is 5.11 Å². The zero-order valence-corrected chi connectivity index (χ0v) is 19.2. The molecule has 6 rings (SSSR count). The van der Waals surface area contributed by atoms with Gasteiger partial charge in [0, 0.05) is 0 Å². The Morgan fingerprint density at radius 1 is 0.600 bits per heavy atom. The van der Waals surface area contributed by atoms with E-state index in [0.717, 1.165) is 65.6 Å². The molecule has 0 spiro atoms. The Bertz CT molecular complexity index is 657. The minimum absolute atomic E-state index is 0.0330. The van der Waals surface area contributed by atoms with Gasteiger partial charge in [-0.15, -0.1) is 0 Å². The van der Waals surface area contributed by atoms with E-state index in [1.165, 1.54) is 57.8 Å². The number of carbonyl (C=O) groups is 1. The lowest BCUT2D eigenvalue weighted by atomic mass is 10.0. The average molecular weight is 413 g/mol. The summed E-state index contributed by atoms with van der Waals surface area (Å²) in [6, 6.07) is 0. The number of hydrogen-bond acceptors (Lipinski definition) is 1. The van der Waals surface area contributed by atoms with Crippen molar-refractivity contribution >= 4 is 5.97 Å². The summed E-state index contributed by atoms with van der Waals surface area (Å²) in [7, 11) is 0. The lowest BCUT2D eigenvalue weighted by Gasteiger charge is -2.02. The molecule has 6 aliphatic rings. The normalized spacial score (nSPS) is 52.0. The Kier molecular flexibility index (Phi) is 5.23. The summed E-state index contributed by atoms with van der Waals surface area (Å²) in [5.41, 5.74) is 0. The van der Waals surface area contributed by atoms with E-state index in [1.807, 2.05) is 0 Å². The molecule has 6 fully saturated rings. The molecule has 0 saturated heterocycles. The van der Waals surface area contributed by atoms with Gasteiger partial charge >= 0.3 is 5.97 Å². The van der Waals surface area contributed by atoms with Crippen LogP contribution in [0.5, 0.6) is 0 Å². The quantitative estimate of drug-likeness (QED) is 0.311. The first-order chi connectivity index (χ1) is 14.7. The van der Waals surface area contributed by atoms with Crippen LogP contribution in [0.25, 0.3) is 0 Å². The second-order valence-corrected chi connectivity index (χ2v) is 12.7. The highest BCUT2D eigenvalue weighted by molar-refractivity contribution is 5.73. The predicted octanol–water partition coefficient (Wildman–Crippen LogP) is 7.03. The van der Waals surface area contributed by atoms with Crippen molar-refractivity contribution in [3.63, 3.8) is 0 Å². The predicted molar refractivity (Wildman–Crippen MR) is 120 cm³/mol. The first-order valence-corrected chi connectivity index (χ1v) is 13.9. The van der Waals surface area contributed by atoms with Gasteiger partial charge in [-0.2, -0.15) is 0 Å². The maximum atomic E-state index is 11.1. The highest BCUT2D eigenvalue weighted by atomic mass is 16.4. The van der Waals surface area contributed by atoms with Crippen LogP contribution in [0, 0.1) is 71.0 Å². The van der Waals surface area contributed by atoms with Crippen LogP contribution in [0.15, 0.2) is 0 Å². The molecule has 0 amide bonds. The lowest BCUT2D eigenvalue weighted by molar-refractivity contribution is -0.138. The minimum Gasteiger partial charge on any atom is -0.481 e. The van der Waals surface area contributed by atoms with Crippen molar-refractivity contribution in [2.45, 2.75) is 96.8 Å². The topological polar surface area (TPSA) is 37.3 Å². The first-order valence-electron chi connectivity index (χ1n) is 13.9. The number of rotatable bonds is 14. The van der Waals surface area contributed by atoms with E-state index in [-0.39, 0.29) is 5.92 Å². The van der Waals surface area contributed by atoms with Crippen molar-refractivity contribution in [1.29, 1.82) is 0 Å². The minimum atomic E-state index is -0.523. The molecule has 0 aliphatic heterocycles. The molecule has 2 heteroatoms. The van der Waals surface area contributed by atoms with E-state index < -0.39 is 5.97 Å². The third-order valence-electron chi connectivity index (χ3n) is 10.6. The van der Waals surface area contributed by atoms with Crippen molar-refractivity contribution < 1.29 is 9.90 Å². The van der Waals surface area contributed by atoms with Gasteiger partial charge in [0.1, 0.15) is 0 Å². The molecule has 30 heavy (non-hydrogen) atoms. The summed E-state index contributed by atoms with van der Waals surface area (Å²) in [5, 5.41) is 9.19. The second-order valence-electron chi connectivity index (χ2n) is 12.7. The third kappa shape index (κ3) is 4.11. The number of carboxylic acid groups (broad SMARTS) is 1. The Labute approximate surface area is 184 Å². The fourth-order valence-electron chi connectivity index (χ4n) is 8.34. The summed E-state index contributed by atoms with van der Waals surface area (Å²) in [6.07, 6.45) is 20.4. The van der Waals surface area contributed by atoms with Crippen molar-refractivity contribution in [3.8, 4) is 0 Å². The van der Waals surface area contributed by atoms with Gasteiger partial charge in [-0.3, -0.25) is 4.79 Å². The van der Waals surface area contributed by atoms with Gasteiger partial charge in [0.05, 0.1) is 5.92 Å². The van der Waals surface area contributed by atoms with Crippen molar-refractivity contribution in [3.05, 3.63) is 0 Å². The average Bonchev–Trinajstić information content (AvgIpc) is 3.52. The molecule has 12 atom stereocenters. The van der Waals surface area contributed by atoms with Gasteiger partial charge in [-0.25, -0.2) is 0 Å². The smallest absolute Gasteiger partial charge is 0.306 e. The van der Waals surface area contributed by atoms with Gasteiger partial charge in [-0.1, -0.05) is 58.3 Å². The molecule has 0 aromatic heterocycles. The maximum absolute atomic E-state index is 11.1. The van der Waals surface area contributed by atoms with Gasteiger partial charge in [-0.05, 0) is 104 Å². The van der Waals surface area contributed by atoms with Crippen molar-refractivity contribution in [2.24, 2.45) is 71.0 Å². The molecule has 0 bridgehead atoms.